The van der Waals surface area contributed by atoms with Crippen molar-refractivity contribution in [2.75, 3.05) is 13.6 Å². The van der Waals surface area contributed by atoms with Gasteiger partial charge in [0.25, 0.3) is 5.56 Å². The molecular formula is C16H24N4O2S. The van der Waals surface area contributed by atoms with Crippen molar-refractivity contribution in [2.24, 2.45) is 5.92 Å². The first-order valence-corrected chi connectivity index (χ1v) is 8.70. The molecule has 7 heteroatoms. The van der Waals surface area contributed by atoms with Crippen LogP contribution in [0, 0.1) is 12.8 Å². The van der Waals surface area contributed by atoms with E-state index in [2.05, 4.69) is 34.4 Å². The summed E-state index contributed by atoms with van der Waals surface area (Å²) in [7, 11) is 1.59. The summed E-state index contributed by atoms with van der Waals surface area (Å²) in [5, 5.41) is 6.23. The van der Waals surface area contributed by atoms with E-state index in [4.69, 9.17) is 0 Å². The van der Waals surface area contributed by atoms with Gasteiger partial charge in [0.15, 0.2) is 0 Å². The normalized spacial score (nSPS) is 12.5. The smallest absolute Gasteiger partial charge is 0.259 e. The van der Waals surface area contributed by atoms with Crippen LogP contribution in [0.2, 0.25) is 0 Å². The number of nitrogens with zero attached hydrogens (tertiary/aromatic N) is 1. The maximum Gasteiger partial charge on any atom is 0.259 e. The highest BCUT2D eigenvalue weighted by molar-refractivity contribution is 7.18. The first-order chi connectivity index (χ1) is 11.0. The number of aromatic nitrogens is 2. The largest absolute Gasteiger partial charge is 0.358 e. The molecule has 0 spiro atoms. The average Bonchev–Trinajstić information content (AvgIpc) is 2.83. The number of fused-ring (bicyclic) bond motifs is 1. The van der Waals surface area contributed by atoms with Crippen molar-refractivity contribution in [3.63, 3.8) is 0 Å². The number of carbonyl (C=O) groups is 1. The molecule has 0 radical (unpaired) electrons. The van der Waals surface area contributed by atoms with E-state index < -0.39 is 0 Å². The number of nitrogens with one attached hydrogen (secondary N) is 3. The number of H-pyrrole nitrogens is 1. The summed E-state index contributed by atoms with van der Waals surface area (Å²) in [5.74, 6) is 0.999. The number of thiophene rings is 1. The van der Waals surface area contributed by atoms with Gasteiger partial charge in [-0.1, -0.05) is 20.3 Å². The fraction of sp³-hybridized carbons (Fsp3) is 0.562. The average molecular weight is 336 g/mol. The second-order valence-electron chi connectivity index (χ2n) is 5.82. The highest BCUT2D eigenvalue weighted by Gasteiger charge is 2.16. The van der Waals surface area contributed by atoms with E-state index >= 15 is 0 Å². The molecule has 1 atom stereocenters. The van der Waals surface area contributed by atoms with Crippen LogP contribution < -0.4 is 16.2 Å². The summed E-state index contributed by atoms with van der Waals surface area (Å²) >= 11 is 1.57. The van der Waals surface area contributed by atoms with Crippen molar-refractivity contribution in [1.82, 2.24) is 20.6 Å². The van der Waals surface area contributed by atoms with Crippen molar-refractivity contribution in [3.8, 4) is 0 Å². The molecule has 0 bridgehead atoms. The number of hydrogen-bond acceptors (Lipinski definition) is 5. The number of hydrogen-bond donors (Lipinski definition) is 3. The van der Waals surface area contributed by atoms with Crippen molar-refractivity contribution >= 4 is 27.5 Å². The molecule has 0 saturated carbocycles. The Morgan fingerprint density at radius 2 is 2.17 bits per heavy atom. The Hall–Kier alpha value is -1.73. The summed E-state index contributed by atoms with van der Waals surface area (Å²) < 4.78 is 0. The SMILES string of the molecule is CC[C@H](C)Cc1c(C)sc2nc(CNCC(=O)NC)[nH]c(=O)c12. The molecular weight excluding hydrogens is 312 g/mol. The minimum atomic E-state index is -0.101. The predicted molar refractivity (Wildman–Crippen MR) is 93.9 cm³/mol. The number of carbonyl (C=O) groups excluding carboxylic acids is 1. The lowest BCUT2D eigenvalue weighted by Crippen LogP contribution is -2.31. The molecule has 2 aromatic rings. The van der Waals surface area contributed by atoms with Gasteiger partial charge >= 0.3 is 0 Å². The third kappa shape index (κ3) is 4.17. The summed E-state index contributed by atoms with van der Waals surface area (Å²) in [4.78, 5) is 33.0. The van der Waals surface area contributed by atoms with E-state index in [1.54, 1.807) is 18.4 Å². The number of likely N-dealkylation sites (N-methyl/N-ethyl adjacent to an activating group) is 1. The lowest BCUT2D eigenvalue weighted by atomic mass is 9.98. The van der Waals surface area contributed by atoms with Gasteiger partial charge < -0.3 is 15.6 Å². The molecule has 126 valence electrons. The third-order valence-electron chi connectivity index (χ3n) is 4.02. The zero-order valence-corrected chi connectivity index (χ0v) is 14.9. The predicted octanol–water partition coefficient (Wildman–Crippen LogP) is 1.72. The Bertz CT molecular complexity index is 750. The first-order valence-electron chi connectivity index (χ1n) is 7.88. The fourth-order valence-corrected chi connectivity index (χ4v) is 3.50. The minimum absolute atomic E-state index is 0.0885. The molecule has 6 nitrogen and oxygen atoms in total. The standard InChI is InChI=1S/C16H24N4O2S/c1-5-9(2)6-11-10(3)23-16-14(11)15(22)19-12(20-16)7-18-8-13(21)17-4/h9,18H,5-8H2,1-4H3,(H,17,21)(H,19,20,22)/t9-/m0/s1. The van der Waals surface area contributed by atoms with E-state index in [0.717, 1.165) is 33.5 Å². The van der Waals surface area contributed by atoms with Crippen LogP contribution in [0.25, 0.3) is 10.2 Å². The molecule has 0 aromatic carbocycles. The van der Waals surface area contributed by atoms with Gasteiger partial charge in [0, 0.05) is 11.9 Å². The van der Waals surface area contributed by atoms with Crippen LogP contribution in [0.15, 0.2) is 4.79 Å². The van der Waals surface area contributed by atoms with Gasteiger partial charge in [0.05, 0.1) is 18.5 Å². The highest BCUT2D eigenvalue weighted by atomic mass is 32.1. The van der Waals surface area contributed by atoms with Crippen molar-refractivity contribution in [2.45, 2.75) is 40.2 Å². The first kappa shape index (κ1) is 17.6. The molecule has 0 aliphatic carbocycles. The molecule has 0 saturated heterocycles. The zero-order chi connectivity index (χ0) is 17.0. The molecule has 2 heterocycles. The van der Waals surface area contributed by atoms with Gasteiger partial charge in [-0.05, 0) is 24.8 Å². The second kappa shape index (κ2) is 7.70. The van der Waals surface area contributed by atoms with Gasteiger partial charge in [-0.15, -0.1) is 11.3 Å². The second-order valence-corrected chi connectivity index (χ2v) is 7.03. The van der Waals surface area contributed by atoms with E-state index in [9.17, 15) is 9.59 Å². The van der Waals surface area contributed by atoms with E-state index in [1.165, 1.54) is 0 Å². The van der Waals surface area contributed by atoms with Crippen LogP contribution in [0.3, 0.4) is 0 Å². The minimum Gasteiger partial charge on any atom is -0.358 e. The van der Waals surface area contributed by atoms with Crippen LogP contribution in [-0.2, 0) is 17.8 Å². The fourth-order valence-electron chi connectivity index (χ4n) is 2.42. The Morgan fingerprint density at radius 1 is 1.43 bits per heavy atom. The molecule has 0 unspecified atom stereocenters. The number of amides is 1. The highest BCUT2D eigenvalue weighted by Crippen LogP contribution is 2.29. The van der Waals surface area contributed by atoms with Crippen LogP contribution in [0.1, 0.15) is 36.5 Å². The molecule has 0 aliphatic rings. The summed E-state index contributed by atoms with van der Waals surface area (Å²) in [6.45, 7) is 6.96. The van der Waals surface area contributed by atoms with Gasteiger partial charge in [-0.3, -0.25) is 9.59 Å². The monoisotopic (exact) mass is 336 g/mol. The maximum absolute atomic E-state index is 12.5. The number of aromatic amines is 1. The van der Waals surface area contributed by atoms with Crippen LogP contribution in [0.4, 0.5) is 0 Å². The van der Waals surface area contributed by atoms with Crippen LogP contribution >= 0.6 is 11.3 Å². The van der Waals surface area contributed by atoms with Gasteiger partial charge in [-0.2, -0.15) is 0 Å². The van der Waals surface area contributed by atoms with E-state index in [0.29, 0.717) is 18.3 Å². The van der Waals surface area contributed by atoms with E-state index in [-0.39, 0.29) is 18.0 Å². The molecule has 0 aliphatic heterocycles. The number of aryl methyl sites for hydroxylation is 1. The third-order valence-corrected chi connectivity index (χ3v) is 5.06. The number of rotatable bonds is 7. The molecule has 2 rings (SSSR count). The lowest BCUT2D eigenvalue weighted by Gasteiger charge is -2.08. The van der Waals surface area contributed by atoms with Gasteiger partial charge in [-0.25, -0.2) is 4.98 Å². The summed E-state index contributed by atoms with van der Waals surface area (Å²) in [6, 6.07) is 0. The molecule has 2 aromatic heterocycles. The maximum atomic E-state index is 12.5. The Morgan fingerprint density at radius 3 is 2.83 bits per heavy atom. The summed E-state index contributed by atoms with van der Waals surface area (Å²) in [6.07, 6.45) is 1.99. The van der Waals surface area contributed by atoms with Crippen molar-refractivity contribution < 1.29 is 4.79 Å². The zero-order valence-electron chi connectivity index (χ0n) is 14.1. The Labute approximate surface area is 139 Å². The Kier molecular flexibility index (Phi) is 5.90. The topological polar surface area (TPSA) is 86.9 Å². The molecule has 23 heavy (non-hydrogen) atoms. The van der Waals surface area contributed by atoms with Gasteiger partial charge in [0.1, 0.15) is 10.7 Å². The van der Waals surface area contributed by atoms with E-state index in [1.807, 2.05) is 6.92 Å². The Balaban J connectivity index is 2.26. The van der Waals surface area contributed by atoms with Crippen LogP contribution in [-0.4, -0.2) is 29.5 Å². The summed E-state index contributed by atoms with van der Waals surface area (Å²) in [5.41, 5.74) is 1.03. The van der Waals surface area contributed by atoms with Crippen molar-refractivity contribution in [3.05, 3.63) is 26.6 Å². The lowest BCUT2D eigenvalue weighted by molar-refractivity contribution is -0.119. The van der Waals surface area contributed by atoms with Crippen LogP contribution in [0.5, 0.6) is 0 Å². The van der Waals surface area contributed by atoms with Gasteiger partial charge in [0.2, 0.25) is 5.91 Å². The van der Waals surface area contributed by atoms with Crippen molar-refractivity contribution in [1.29, 1.82) is 0 Å². The quantitative estimate of drug-likeness (QED) is 0.718. The molecule has 3 N–H and O–H groups in total. The molecule has 1 amide bonds. The molecule has 0 fully saturated rings.